The van der Waals surface area contributed by atoms with Gasteiger partial charge >= 0.3 is 23.9 Å². The molecule has 0 saturated carbocycles. The minimum absolute atomic E-state index is 0.0444. The van der Waals surface area contributed by atoms with Gasteiger partial charge in [-0.25, -0.2) is 0 Å². The quantitative estimate of drug-likeness (QED) is 0.0858. The van der Waals surface area contributed by atoms with Crippen LogP contribution in [0.1, 0.15) is 92.7 Å². The highest BCUT2D eigenvalue weighted by molar-refractivity contribution is 5.92. The Labute approximate surface area is 307 Å². The number of allylic oxidation sites excluding steroid dienone is 10. The third kappa shape index (κ3) is 13.2. The zero-order chi connectivity index (χ0) is 38.6. The van der Waals surface area contributed by atoms with Crippen LogP contribution >= 0.6 is 0 Å². The number of hydrogen-bond donors (Lipinski definition) is 0. The van der Waals surface area contributed by atoms with Crippen molar-refractivity contribution in [3.63, 3.8) is 0 Å². The predicted octanol–water partition coefficient (Wildman–Crippen LogP) is 7.00. The smallest absolute Gasteiger partial charge is 0.303 e. The molecule has 1 aliphatic heterocycles. The van der Waals surface area contributed by atoms with Gasteiger partial charge in [-0.1, -0.05) is 79.6 Å². The number of rotatable bonds is 14. The zero-order valence-electron chi connectivity index (χ0n) is 32.0. The Balaban J connectivity index is 1.70. The fourth-order valence-corrected chi connectivity index (χ4v) is 6.69. The fourth-order valence-electron chi connectivity index (χ4n) is 6.69. The molecular weight excluding hydrogens is 664 g/mol. The molecule has 2 aliphatic rings. The lowest BCUT2D eigenvalue weighted by Gasteiger charge is -2.44. The SMILES string of the molecule is CC(=O)OC[C@H]1O[C@@H](Cc2ccc(CC(=O)C=C(C)C=CC=C(C)C=CC3=C(C)CCCC3(C)C)cc2)[C@H](OC(C)=O)[C@@H](OC(C)=O)[C@@H]1OC(C)=O. The Morgan fingerprint density at radius 3 is 1.92 bits per heavy atom. The van der Waals surface area contributed by atoms with Gasteiger partial charge in [0.1, 0.15) is 18.8 Å². The van der Waals surface area contributed by atoms with Crippen LogP contribution in [0.5, 0.6) is 0 Å². The van der Waals surface area contributed by atoms with Gasteiger partial charge in [0.15, 0.2) is 24.1 Å². The van der Waals surface area contributed by atoms with E-state index in [0.29, 0.717) is 0 Å². The molecule has 1 heterocycles. The van der Waals surface area contributed by atoms with Gasteiger partial charge in [-0.15, -0.1) is 0 Å². The average molecular weight is 719 g/mol. The first-order valence-corrected chi connectivity index (χ1v) is 17.8. The van der Waals surface area contributed by atoms with Gasteiger partial charge in [0.25, 0.3) is 0 Å². The van der Waals surface area contributed by atoms with Gasteiger partial charge in [0.2, 0.25) is 0 Å². The number of hydrogen-bond acceptors (Lipinski definition) is 10. The van der Waals surface area contributed by atoms with E-state index in [9.17, 15) is 24.0 Å². The van der Waals surface area contributed by atoms with Crippen molar-refractivity contribution in [2.24, 2.45) is 5.41 Å². The van der Waals surface area contributed by atoms with E-state index in [0.717, 1.165) is 28.7 Å². The van der Waals surface area contributed by atoms with Gasteiger partial charge in [-0.3, -0.25) is 24.0 Å². The van der Waals surface area contributed by atoms with Crippen molar-refractivity contribution in [3.05, 3.63) is 94.1 Å². The van der Waals surface area contributed by atoms with Crippen LogP contribution in [0.25, 0.3) is 0 Å². The summed E-state index contributed by atoms with van der Waals surface area (Å²) in [6.07, 6.45) is 10.5. The zero-order valence-corrected chi connectivity index (χ0v) is 32.0. The molecule has 0 radical (unpaired) electrons. The molecular formula is C42H54O10. The maximum absolute atomic E-state index is 12.9. The third-order valence-electron chi connectivity index (χ3n) is 9.09. The third-order valence-corrected chi connectivity index (χ3v) is 9.09. The standard InChI is InChI=1S/C42H54O10/c1-26(15-20-36-28(3)14-11-21-42(36,8)9)12-10-13-27(2)22-35(47)23-33-16-18-34(19-17-33)24-37-39(49-30(5)44)41(51-32(7)46)40(50-31(6)45)38(52-37)25-48-29(4)43/h10,12-13,15-20,22,37-41H,11,14,21,23-25H2,1-9H3/t37-,38+,39-,40+,41+/m0/s1. The van der Waals surface area contributed by atoms with Crippen molar-refractivity contribution in [3.8, 4) is 0 Å². The summed E-state index contributed by atoms with van der Waals surface area (Å²) in [7, 11) is 0. The van der Waals surface area contributed by atoms with Crippen molar-refractivity contribution in [1.82, 2.24) is 0 Å². The number of esters is 4. The number of benzene rings is 1. The molecule has 1 aromatic carbocycles. The Hall–Kier alpha value is -4.57. The molecule has 0 unspecified atom stereocenters. The summed E-state index contributed by atoms with van der Waals surface area (Å²) < 4.78 is 27.9. The van der Waals surface area contributed by atoms with E-state index >= 15 is 0 Å². The molecule has 1 saturated heterocycles. The van der Waals surface area contributed by atoms with Crippen LogP contribution in [0.2, 0.25) is 0 Å². The summed E-state index contributed by atoms with van der Waals surface area (Å²) in [5.74, 6) is -2.66. The number of ether oxygens (including phenoxy) is 5. The maximum atomic E-state index is 12.9. The summed E-state index contributed by atoms with van der Waals surface area (Å²) in [5.41, 5.74) is 6.63. The Morgan fingerprint density at radius 2 is 1.35 bits per heavy atom. The molecule has 0 N–H and O–H groups in total. The monoisotopic (exact) mass is 718 g/mol. The number of carbonyl (C=O) groups is 5. The van der Waals surface area contributed by atoms with Gasteiger partial charge < -0.3 is 23.7 Å². The van der Waals surface area contributed by atoms with Crippen LogP contribution in [-0.2, 0) is 60.5 Å². The van der Waals surface area contributed by atoms with Gasteiger partial charge in [-0.2, -0.15) is 0 Å². The van der Waals surface area contributed by atoms with Crippen LogP contribution in [0.4, 0.5) is 0 Å². The van der Waals surface area contributed by atoms with Crippen molar-refractivity contribution in [1.29, 1.82) is 0 Å². The molecule has 52 heavy (non-hydrogen) atoms. The van der Waals surface area contributed by atoms with Gasteiger partial charge in [0, 0.05) is 40.5 Å². The summed E-state index contributed by atoms with van der Waals surface area (Å²) in [6.45, 7) is 15.3. The molecule has 10 nitrogen and oxygen atoms in total. The minimum atomic E-state index is -1.22. The van der Waals surface area contributed by atoms with Crippen LogP contribution in [-0.4, -0.2) is 66.8 Å². The lowest BCUT2D eigenvalue weighted by atomic mass is 9.72. The number of ketones is 1. The van der Waals surface area contributed by atoms with Crippen LogP contribution in [0, 0.1) is 5.41 Å². The van der Waals surface area contributed by atoms with Crippen molar-refractivity contribution < 1.29 is 47.7 Å². The molecule has 0 bridgehead atoms. The van der Waals surface area contributed by atoms with Crippen LogP contribution in [0.15, 0.2) is 83.0 Å². The minimum Gasteiger partial charge on any atom is -0.463 e. The van der Waals surface area contributed by atoms with Gasteiger partial charge in [0.05, 0.1) is 0 Å². The van der Waals surface area contributed by atoms with E-state index in [1.807, 2.05) is 49.4 Å². The van der Waals surface area contributed by atoms with Crippen LogP contribution < -0.4 is 0 Å². The van der Waals surface area contributed by atoms with E-state index < -0.39 is 54.4 Å². The summed E-state index contributed by atoms with van der Waals surface area (Å²) >= 11 is 0. The lowest BCUT2D eigenvalue weighted by Crippen LogP contribution is -2.62. The van der Waals surface area contributed by atoms with E-state index in [1.54, 1.807) is 6.08 Å². The number of carbonyl (C=O) groups excluding carboxylic acids is 5. The predicted molar refractivity (Wildman–Crippen MR) is 197 cm³/mol. The first kappa shape index (κ1) is 41.8. The van der Waals surface area contributed by atoms with Crippen molar-refractivity contribution in [2.75, 3.05) is 6.61 Å². The summed E-state index contributed by atoms with van der Waals surface area (Å²) in [5, 5.41) is 0. The Kier molecular flexibility index (Phi) is 15.5. The molecule has 0 aromatic heterocycles. The molecule has 5 atom stereocenters. The second kappa shape index (κ2) is 19.3. The van der Waals surface area contributed by atoms with Crippen molar-refractivity contribution in [2.45, 2.75) is 125 Å². The van der Waals surface area contributed by atoms with E-state index in [1.165, 1.54) is 51.7 Å². The lowest BCUT2D eigenvalue weighted by molar-refractivity contribution is -0.252. The van der Waals surface area contributed by atoms with Crippen molar-refractivity contribution >= 4 is 29.7 Å². The highest BCUT2D eigenvalue weighted by atomic mass is 16.7. The molecule has 0 amide bonds. The molecule has 1 fully saturated rings. The van der Waals surface area contributed by atoms with Crippen LogP contribution in [0.3, 0.4) is 0 Å². The molecule has 1 aromatic rings. The normalized spacial score (nSPS) is 23.8. The van der Waals surface area contributed by atoms with E-state index in [2.05, 4.69) is 39.8 Å². The molecule has 1 aliphatic carbocycles. The summed E-state index contributed by atoms with van der Waals surface area (Å²) in [4.78, 5) is 60.7. The first-order valence-electron chi connectivity index (χ1n) is 17.8. The van der Waals surface area contributed by atoms with E-state index in [4.69, 9.17) is 23.7 Å². The Morgan fingerprint density at radius 1 is 0.769 bits per heavy atom. The average Bonchev–Trinajstić information content (AvgIpc) is 3.02. The largest absolute Gasteiger partial charge is 0.463 e. The molecule has 0 spiro atoms. The second-order valence-electron chi connectivity index (χ2n) is 14.3. The Bertz CT molecular complexity index is 1620. The second-order valence-corrected chi connectivity index (χ2v) is 14.3. The highest BCUT2D eigenvalue weighted by Gasteiger charge is 2.52. The van der Waals surface area contributed by atoms with E-state index in [-0.39, 0.29) is 30.6 Å². The topological polar surface area (TPSA) is 132 Å². The first-order chi connectivity index (χ1) is 24.4. The molecule has 3 rings (SSSR count). The molecule has 282 valence electrons. The maximum Gasteiger partial charge on any atom is 0.303 e. The summed E-state index contributed by atoms with van der Waals surface area (Å²) in [6, 6.07) is 7.34. The molecule has 10 heteroatoms. The highest BCUT2D eigenvalue weighted by Crippen LogP contribution is 2.40. The fraction of sp³-hybridized carbons (Fsp3) is 0.500. The van der Waals surface area contributed by atoms with Gasteiger partial charge in [-0.05, 0) is 73.8 Å².